The van der Waals surface area contributed by atoms with Crippen LogP contribution < -0.4 is 5.32 Å². The number of nitrogens with zero attached hydrogens (tertiary/aromatic N) is 4. The molecule has 1 N–H and O–H groups in total. The zero-order chi connectivity index (χ0) is 18.1. The van der Waals surface area contributed by atoms with Gasteiger partial charge in [0.15, 0.2) is 0 Å². The van der Waals surface area contributed by atoms with Crippen molar-refractivity contribution in [3.05, 3.63) is 18.2 Å². The minimum Gasteiger partial charge on any atom is -0.324 e. The van der Waals surface area contributed by atoms with Gasteiger partial charge in [0, 0.05) is 26.2 Å². The Morgan fingerprint density at radius 3 is 2.69 bits per heavy atom. The lowest BCUT2D eigenvalue weighted by Crippen LogP contribution is -2.49. The van der Waals surface area contributed by atoms with Crippen molar-refractivity contribution >= 4 is 44.6 Å². The van der Waals surface area contributed by atoms with Gasteiger partial charge in [-0.3, -0.25) is 4.79 Å². The van der Waals surface area contributed by atoms with Crippen molar-refractivity contribution in [1.29, 1.82) is 0 Å². The molecule has 2 fully saturated rings. The van der Waals surface area contributed by atoms with Crippen LogP contribution in [0.2, 0.25) is 0 Å². The SMILES string of the molecule is O=C(Nc1cccc2nsnc12)C1CCCN(S(=O)(=O)N2CCCC2)C1. The van der Waals surface area contributed by atoms with Crippen LogP contribution in [0, 0.1) is 5.92 Å². The van der Waals surface area contributed by atoms with Gasteiger partial charge in [0.1, 0.15) is 11.0 Å². The summed E-state index contributed by atoms with van der Waals surface area (Å²) >= 11 is 1.10. The third-order valence-electron chi connectivity index (χ3n) is 5.02. The molecule has 1 amide bonds. The number of benzene rings is 1. The monoisotopic (exact) mass is 395 g/mol. The van der Waals surface area contributed by atoms with Crippen molar-refractivity contribution in [2.75, 3.05) is 31.5 Å². The number of anilines is 1. The number of aromatic nitrogens is 2. The highest BCUT2D eigenvalue weighted by Crippen LogP contribution is 2.26. The van der Waals surface area contributed by atoms with Gasteiger partial charge in [0.25, 0.3) is 10.2 Å². The zero-order valence-electron chi connectivity index (χ0n) is 14.3. The minimum atomic E-state index is -3.46. The molecule has 1 aromatic carbocycles. The van der Waals surface area contributed by atoms with Crippen molar-refractivity contribution in [3.63, 3.8) is 0 Å². The van der Waals surface area contributed by atoms with E-state index in [1.807, 2.05) is 12.1 Å². The maximum atomic E-state index is 12.8. The molecule has 0 radical (unpaired) electrons. The van der Waals surface area contributed by atoms with Gasteiger partial charge in [-0.1, -0.05) is 6.07 Å². The molecule has 0 spiro atoms. The number of hydrogen-bond donors (Lipinski definition) is 1. The molecule has 1 atom stereocenters. The minimum absolute atomic E-state index is 0.160. The van der Waals surface area contributed by atoms with Crippen molar-refractivity contribution in [3.8, 4) is 0 Å². The van der Waals surface area contributed by atoms with E-state index in [4.69, 9.17) is 0 Å². The second-order valence-electron chi connectivity index (χ2n) is 6.74. The summed E-state index contributed by atoms with van der Waals surface area (Å²) < 4.78 is 36.9. The summed E-state index contributed by atoms with van der Waals surface area (Å²) in [6.07, 6.45) is 3.18. The Bertz CT molecular complexity index is 908. The Balaban J connectivity index is 1.47. The van der Waals surface area contributed by atoms with E-state index >= 15 is 0 Å². The maximum Gasteiger partial charge on any atom is 0.281 e. The molecule has 2 aliphatic rings. The predicted octanol–water partition coefficient (Wildman–Crippen LogP) is 1.68. The van der Waals surface area contributed by atoms with E-state index in [9.17, 15) is 13.2 Å². The average Bonchev–Trinajstić information content (AvgIpc) is 3.34. The summed E-state index contributed by atoms with van der Waals surface area (Å²) in [7, 11) is -3.46. The molecule has 26 heavy (non-hydrogen) atoms. The number of rotatable bonds is 4. The lowest BCUT2D eigenvalue weighted by atomic mass is 9.98. The van der Waals surface area contributed by atoms with E-state index in [1.165, 1.54) is 8.61 Å². The lowest BCUT2D eigenvalue weighted by molar-refractivity contribution is -0.120. The predicted molar refractivity (Wildman–Crippen MR) is 100 cm³/mol. The molecule has 1 unspecified atom stereocenters. The number of fused-ring (bicyclic) bond motifs is 1. The standard InChI is InChI=1S/C16H21N5O3S2/c22-16(17-13-6-3-7-14-15(13)19-25-18-14)12-5-4-10-21(11-12)26(23,24)20-8-1-2-9-20/h3,6-7,12H,1-2,4-5,8-11H2,(H,17,22). The van der Waals surface area contributed by atoms with E-state index in [2.05, 4.69) is 14.1 Å². The van der Waals surface area contributed by atoms with Crippen molar-refractivity contribution in [2.45, 2.75) is 25.7 Å². The van der Waals surface area contributed by atoms with Crippen LogP contribution in [0.4, 0.5) is 5.69 Å². The largest absolute Gasteiger partial charge is 0.324 e. The number of carbonyl (C=O) groups excluding carboxylic acids is 1. The van der Waals surface area contributed by atoms with Crippen LogP contribution in [-0.2, 0) is 15.0 Å². The average molecular weight is 396 g/mol. The van der Waals surface area contributed by atoms with Gasteiger partial charge < -0.3 is 5.32 Å². The highest BCUT2D eigenvalue weighted by atomic mass is 32.2. The summed E-state index contributed by atoms with van der Waals surface area (Å²) in [6, 6.07) is 5.47. The first-order valence-electron chi connectivity index (χ1n) is 8.83. The Morgan fingerprint density at radius 1 is 1.12 bits per heavy atom. The summed E-state index contributed by atoms with van der Waals surface area (Å²) in [6.45, 7) is 1.87. The Hall–Kier alpha value is -1.62. The first-order chi connectivity index (χ1) is 12.6. The van der Waals surface area contributed by atoms with Crippen molar-refractivity contribution in [1.82, 2.24) is 17.4 Å². The van der Waals surface area contributed by atoms with Crippen molar-refractivity contribution in [2.24, 2.45) is 5.92 Å². The van der Waals surface area contributed by atoms with Gasteiger partial charge in [-0.05, 0) is 37.8 Å². The van der Waals surface area contributed by atoms with E-state index in [0.29, 0.717) is 43.7 Å². The molecule has 140 valence electrons. The molecule has 1 aromatic heterocycles. The molecule has 4 rings (SSSR count). The molecular formula is C16H21N5O3S2. The van der Waals surface area contributed by atoms with Gasteiger partial charge in [-0.25, -0.2) is 0 Å². The lowest BCUT2D eigenvalue weighted by Gasteiger charge is -2.33. The highest BCUT2D eigenvalue weighted by molar-refractivity contribution is 7.86. The van der Waals surface area contributed by atoms with Gasteiger partial charge in [0.05, 0.1) is 23.3 Å². The molecule has 2 saturated heterocycles. The summed E-state index contributed by atoms with van der Waals surface area (Å²) in [5.74, 6) is -0.519. The molecular weight excluding hydrogens is 374 g/mol. The van der Waals surface area contributed by atoms with E-state index < -0.39 is 10.2 Å². The zero-order valence-corrected chi connectivity index (χ0v) is 15.9. The second-order valence-corrected chi connectivity index (χ2v) is 9.19. The maximum absolute atomic E-state index is 12.8. The van der Waals surface area contributed by atoms with Crippen LogP contribution in [0.25, 0.3) is 11.0 Å². The molecule has 2 aromatic rings. The first kappa shape index (κ1) is 17.8. The third-order valence-corrected chi connectivity index (χ3v) is 7.56. The van der Waals surface area contributed by atoms with Crippen molar-refractivity contribution < 1.29 is 13.2 Å². The van der Waals surface area contributed by atoms with Gasteiger partial charge in [-0.15, -0.1) is 0 Å². The Kier molecular flexibility index (Phi) is 4.91. The molecule has 10 heteroatoms. The van der Waals surface area contributed by atoms with E-state index in [0.717, 1.165) is 30.1 Å². The van der Waals surface area contributed by atoms with E-state index in [1.54, 1.807) is 6.07 Å². The van der Waals surface area contributed by atoms with Crippen LogP contribution in [0.5, 0.6) is 0 Å². The number of carbonyl (C=O) groups is 1. The van der Waals surface area contributed by atoms with Crippen LogP contribution in [-0.4, -0.2) is 57.9 Å². The van der Waals surface area contributed by atoms with Gasteiger partial charge >= 0.3 is 0 Å². The molecule has 3 heterocycles. The normalized spacial score (nSPS) is 22.7. The highest BCUT2D eigenvalue weighted by Gasteiger charge is 2.36. The first-order valence-corrected chi connectivity index (χ1v) is 11.0. The fourth-order valence-corrected chi connectivity index (χ4v) is 5.91. The number of nitrogens with one attached hydrogen (secondary N) is 1. The number of hydrogen-bond acceptors (Lipinski definition) is 6. The van der Waals surface area contributed by atoms with Crippen LogP contribution in [0.3, 0.4) is 0 Å². The molecule has 0 bridgehead atoms. The fourth-order valence-electron chi connectivity index (χ4n) is 3.59. The van der Waals surface area contributed by atoms with Gasteiger partial charge in [0.2, 0.25) is 5.91 Å². The van der Waals surface area contributed by atoms with Crippen LogP contribution in [0.1, 0.15) is 25.7 Å². The number of piperidine rings is 1. The van der Waals surface area contributed by atoms with Crippen LogP contribution >= 0.6 is 11.7 Å². The molecule has 2 aliphatic heterocycles. The van der Waals surface area contributed by atoms with Crippen LogP contribution in [0.15, 0.2) is 18.2 Å². The Labute approximate surface area is 156 Å². The molecule has 0 aliphatic carbocycles. The Morgan fingerprint density at radius 2 is 1.88 bits per heavy atom. The van der Waals surface area contributed by atoms with E-state index in [-0.39, 0.29) is 18.4 Å². The molecule has 8 nitrogen and oxygen atoms in total. The summed E-state index contributed by atoms with van der Waals surface area (Å²) in [4.78, 5) is 12.7. The summed E-state index contributed by atoms with van der Waals surface area (Å²) in [5.41, 5.74) is 2.04. The fraction of sp³-hybridized carbons (Fsp3) is 0.562. The quantitative estimate of drug-likeness (QED) is 0.850. The second kappa shape index (κ2) is 7.18. The third kappa shape index (κ3) is 3.34. The summed E-state index contributed by atoms with van der Waals surface area (Å²) in [5, 5.41) is 2.91. The topological polar surface area (TPSA) is 95.5 Å². The van der Waals surface area contributed by atoms with Gasteiger partial charge in [-0.2, -0.15) is 25.8 Å². The number of amides is 1. The smallest absolute Gasteiger partial charge is 0.281 e. The molecule has 0 saturated carbocycles.